The first-order chi connectivity index (χ1) is 12.1. The van der Waals surface area contributed by atoms with Crippen molar-refractivity contribution in [2.24, 2.45) is 5.92 Å². The number of amides is 2. The van der Waals surface area contributed by atoms with E-state index in [1.165, 1.54) is 0 Å². The fourth-order valence-electron chi connectivity index (χ4n) is 2.95. The van der Waals surface area contributed by atoms with Gasteiger partial charge in [-0.25, -0.2) is 0 Å². The highest BCUT2D eigenvalue weighted by Crippen LogP contribution is 2.27. The van der Waals surface area contributed by atoms with Crippen LogP contribution in [0.2, 0.25) is 5.02 Å². The highest BCUT2D eigenvalue weighted by molar-refractivity contribution is 6.31. The van der Waals surface area contributed by atoms with Gasteiger partial charge >= 0.3 is 0 Å². The first-order valence-electron chi connectivity index (χ1n) is 8.04. The summed E-state index contributed by atoms with van der Waals surface area (Å²) in [5.74, 6) is 0.149. The number of benzene rings is 2. The fraction of sp³-hybridized carbons (Fsp3) is 0.263. The van der Waals surface area contributed by atoms with Crippen molar-refractivity contribution in [1.82, 2.24) is 5.32 Å². The summed E-state index contributed by atoms with van der Waals surface area (Å²) in [4.78, 5) is 26.3. The molecule has 1 aliphatic heterocycles. The van der Waals surface area contributed by atoms with Crippen molar-refractivity contribution in [1.29, 1.82) is 0 Å². The van der Waals surface area contributed by atoms with Crippen LogP contribution < -0.4 is 15.0 Å². The number of hydrogen-bond acceptors (Lipinski definition) is 3. The molecule has 2 amide bonds. The number of carbonyl (C=O) groups excluding carboxylic acids is 2. The normalized spacial score (nSPS) is 16.8. The SMILES string of the molecule is COc1ccccc1CNC(=O)[C@@H]1CC(=O)N(c2cccc(Cl)c2)C1. The van der Waals surface area contributed by atoms with Gasteiger partial charge in [-0.15, -0.1) is 0 Å². The first kappa shape index (κ1) is 17.3. The number of para-hydroxylation sites is 1. The van der Waals surface area contributed by atoms with Crippen molar-refractivity contribution in [2.75, 3.05) is 18.6 Å². The van der Waals surface area contributed by atoms with Crippen molar-refractivity contribution in [3.05, 3.63) is 59.1 Å². The van der Waals surface area contributed by atoms with Crippen LogP contribution in [0.3, 0.4) is 0 Å². The van der Waals surface area contributed by atoms with Gasteiger partial charge in [-0.1, -0.05) is 35.9 Å². The minimum atomic E-state index is -0.374. The number of anilines is 1. The molecular weight excluding hydrogens is 340 g/mol. The largest absolute Gasteiger partial charge is 0.496 e. The van der Waals surface area contributed by atoms with E-state index in [1.54, 1.807) is 30.2 Å². The second-order valence-electron chi connectivity index (χ2n) is 5.91. The summed E-state index contributed by atoms with van der Waals surface area (Å²) in [7, 11) is 1.60. The molecule has 0 spiro atoms. The summed E-state index contributed by atoms with van der Waals surface area (Å²) in [6, 6.07) is 14.6. The van der Waals surface area contributed by atoms with Gasteiger partial charge < -0.3 is 15.0 Å². The van der Waals surface area contributed by atoms with Gasteiger partial charge in [-0.3, -0.25) is 9.59 Å². The molecule has 5 nitrogen and oxygen atoms in total. The maximum absolute atomic E-state index is 12.5. The number of methoxy groups -OCH3 is 1. The van der Waals surface area contributed by atoms with E-state index in [2.05, 4.69) is 5.32 Å². The third-order valence-corrected chi connectivity index (χ3v) is 4.50. The molecule has 2 aromatic rings. The van der Waals surface area contributed by atoms with Crippen LogP contribution in [0.25, 0.3) is 0 Å². The van der Waals surface area contributed by atoms with Crippen LogP contribution in [0.15, 0.2) is 48.5 Å². The Morgan fingerprint density at radius 3 is 2.84 bits per heavy atom. The van der Waals surface area contributed by atoms with Crippen LogP contribution in [0, 0.1) is 5.92 Å². The molecule has 1 atom stereocenters. The van der Waals surface area contributed by atoms with Crippen molar-refractivity contribution < 1.29 is 14.3 Å². The molecule has 1 N–H and O–H groups in total. The fourth-order valence-corrected chi connectivity index (χ4v) is 3.14. The Hall–Kier alpha value is -2.53. The second kappa shape index (κ2) is 7.57. The van der Waals surface area contributed by atoms with Gasteiger partial charge in [0, 0.05) is 35.8 Å². The Bertz CT molecular complexity index is 794. The Kier molecular flexibility index (Phi) is 5.24. The maximum Gasteiger partial charge on any atom is 0.227 e. The van der Waals surface area contributed by atoms with Crippen molar-refractivity contribution >= 4 is 29.1 Å². The highest BCUT2D eigenvalue weighted by atomic mass is 35.5. The van der Waals surface area contributed by atoms with E-state index in [4.69, 9.17) is 16.3 Å². The smallest absolute Gasteiger partial charge is 0.227 e. The number of carbonyl (C=O) groups is 2. The predicted molar refractivity (Wildman–Crippen MR) is 96.8 cm³/mol. The molecule has 1 saturated heterocycles. The molecule has 0 aliphatic carbocycles. The molecule has 0 aromatic heterocycles. The van der Waals surface area contributed by atoms with E-state index in [9.17, 15) is 9.59 Å². The van der Waals surface area contributed by atoms with Crippen molar-refractivity contribution in [3.8, 4) is 5.75 Å². The average molecular weight is 359 g/mol. The maximum atomic E-state index is 12.5. The Balaban J connectivity index is 1.63. The molecule has 6 heteroatoms. The molecule has 25 heavy (non-hydrogen) atoms. The van der Waals surface area contributed by atoms with Gasteiger partial charge in [0.05, 0.1) is 13.0 Å². The van der Waals surface area contributed by atoms with Crippen LogP contribution in [-0.4, -0.2) is 25.5 Å². The van der Waals surface area contributed by atoms with Gasteiger partial charge in [0.15, 0.2) is 0 Å². The lowest BCUT2D eigenvalue weighted by Gasteiger charge is -2.17. The number of ether oxygens (including phenoxy) is 1. The lowest BCUT2D eigenvalue weighted by atomic mass is 10.1. The monoisotopic (exact) mass is 358 g/mol. The minimum Gasteiger partial charge on any atom is -0.496 e. The van der Waals surface area contributed by atoms with Crippen molar-refractivity contribution in [2.45, 2.75) is 13.0 Å². The van der Waals surface area contributed by atoms with Crippen LogP contribution >= 0.6 is 11.6 Å². The van der Waals surface area contributed by atoms with Gasteiger partial charge in [-0.05, 0) is 24.3 Å². The predicted octanol–water partition coefficient (Wildman–Crippen LogP) is 3.02. The summed E-state index contributed by atoms with van der Waals surface area (Å²) >= 11 is 5.99. The Morgan fingerprint density at radius 1 is 1.28 bits per heavy atom. The average Bonchev–Trinajstić information content (AvgIpc) is 3.02. The second-order valence-corrected chi connectivity index (χ2v) is 6.35. The molecule has 1 heterocycles. The van der Waals surface area contributed by atoms with E-state index in [0.717, 1.165) is 17.0 Å². The zero-order valence-corrected chi connectivity index (χ0v) is 14.6. The van der Waals surface area contributed by atoms with Gasteiger partial charge in [-0.2, -0.15) is 0 Å². The van der Waals surface area contributed by atoms with Crippen molar-refractivity contribution in [3.63, 3.8) is 0 Å². The molecule has 0 unspecified atom stereocenters. The lowest BCUT2D eigenvalue weighted by molar-refractivity contribution is -0.126. The van der Waals surface area contributed by atoms with E-state index in [0.29, 0.717) is 18.1 Å². The third kappa shape index (κ3) is 3.94. The van der Waals surface area contributed by atoms with Crippen LogP contribution in [0.5, 0.6) is 5.75 Å². The zero-order chi connectivity index (χ0) is 17.8. The number of hydrogen-bond donors (Lipinski definition) is 1. The molecule has 130 valence electrons. The molecule has 1 aliphatic rings. The molecule has 1 fully saturated rings. The molecule has 0 radical (unpaired) electrons. The number of halogens is 1. The van der Waals surface area contributed by atoms with E-state index >= 15 is 0 Å². The highest BCUT2D eigenvalue weighted by Gasteiger charge is 2.35. The summed E-state index contributed by atoms with van der Waals surface area (Å²) in [5, 5.41) is 3.46. The Morgan fingerprint density at radius 2 is 2.08 bits per heavy atom. The quantitative estimate of drug-likeness (QED) is 0.893. The van der Waals surface area contributed by atoms with Crippen LogP contribution in [-0.2, 0) is 16.1 Å². The van der Waals surface area contributed by atoms with E-state index < -0.39 is 0 Å². The summed E-state index contributed by atoms with van der Waals surface area (Å²) in [6.45, 7) is 0.724. The molecule has 2 aromatic carbocycles. The lowest BCUT2D eigenvalue weighted by Crippen LogP contribution is -2.32. The molecule has 3 rings (SSSR count). The zero-order valence-electron chi connectivity index (χ0n) is 13.9. The Labute approximate surface area is 151 Å². The summed E-state index contributed by atoms with van der Waals surface area (Å²) in [6.07, 6.45) is 0.199. The summed E-state index contributed by atoms with van der Waals surface area (Å²) < 4.78 is 5.28. The van der Waals surface area contributed by atoms with Gasteiger partial charge in [0.25, 0.3) is 0 Å². The number of nitrogens with zero attached hydrogens (tertiary/aromatic N) is 1. The summed E-state index contributed by atoms with van der Waals surface area (Å²) in [5.41, 5.74) is 1.62. The van der Waals surface area contributed by atoms with Crippen LogP contribution in [0.1, 0.15) is 12.0 Å². The number of rotatable bonds is 5. The van der Waals surface area contributed by atoms with Gasteiger partial charge in [0.1, 0.15) is 5.75 Å². The molecule has 0 bridgehead atoms. The minimum absolute atomic E-state index is 0.0697. The standard InChI is InChI=1S/C19H19ClN2O3/c1-25-17-8-3-2-5-13(17)11-21-19(24)14-9-18(23)22(12-14)16-7-4-6-15(20)10-16/h2-8,10,14H,9,11-12H2,1H3,(H,21,24)/t14-/m1/s1. The number of nitrogens with one attached hydrogen (secondary N) is 1. The topological polar surface area (TPSA) is 58.6 Å². The third-order valence-electron chi connectivity index (χ3n) is 4.26. The molecular formula is C19H19ClN2O3. The first-order valence-corrected chi connectivity index (χ1v) is 8.42. The van der Waals surface area contributed by atoms with E-state index in [-0.39, 0.29) is 24.2 Å². The molecule has 0 saturated carbocycles. The van der Waals surface area contributed by atoms with E-state index in [1.807, 2.05) is 30.3 Å². The van der Waals surface area contributed by atoms with Crippen LogP contribution in [0.4, 0.5) is 5.69 Å². The van der Waals surface area contributed by atoms with Gasteiger partial charge in [0.2, 0.25) is 11.8 Å².